The summed E-state index contributed by atoms with van der Waals surface area (Å²) in [6, 6.07) is 2.94. The average molecular weight is 436 g/mol. The van der Waals surface area contributed by atoms with Crippen LogP contribution in [0.25, 0.3) is 0 Å². The average Bonchev–Trinajstić information content (AvgIpc) is 3.16. The van der Waals surface area contributed by atoms with Crippen LogP contribution in [0.4, 0.5) is 19.1 Å². The Bertz CT molecular complexity index is 916. The second-order valence-corrected chi connectivity index (χ2v) is 9.79. The molecule has 2 aromatic rings. The SMILES string of the molecule is C[C@H]1CN(S(=O)(=O)c2cccs2)CCN1c1ncc([C@](C)(O)C(F)(F)F)cn1. The first kappa shape index (κ1) is 21.0. The summed E-state index contributed by atoms with van der Waals surface area (Å²) in [7, 11) is -3.57. The third kappa shape index (κ3) is 3.73. The molecular weight excluding hydrogens is 417 g/mol. The Kier molecular flexibility index (Phi) is 5.42. The van der Waals surface area contributed by atoms with Gasteiger partial charge in [-0.1, -0.05) is 6.07 Å². The van der Waals surface area contributed by atoms with Crippen molar-refractivity contribution in [2.24, 2.45) is 0 Å². The standard InChI is InChI=1S/C16H19F3N4O3S2/c1-11-10-22(28(25,26)13-4-3-7-27-13)5-6-23(11)14-20-8-12(9-21-14)15(2,24)16(17,18)19/h3-4,7-9,11,24H,5-6,10H2,1-2H3/t11-,15-/m0/s1. The minimum atomic E-state index is -4.85. The highest BCUT2D eigenvalue weighted by Gasteiger charge is 2.51. The number of hydrogen-bond donors (Lipinski definition) is 1. The van der Waals surface area contributed by atoms with Crippen LogP contribution in [0.1, 0.15) is 19.4 Å². The Morgan fingerprint density at radius 1 is 1.25 bits per heavy atom. The third-order valence-corrected chi connectivity index (χ3v) is 7.93. The monoisotopic (exact) mass is 436 g/mol. The molecule has 0 unspecified atom stereocenters. The van der Waals surface area contributed by atoms with E-state index in [4.69, 9.17) is 0 Å². The normalized spacial score (nSPS) is 21.5. The lowest BCUT2D eigenvalue weighted by molar-refractivity contribution is -0.259. The van der Waals surface area contributed by atoms with E-state index < -0.39 is 27.4 Å². The molecule has 0 aromatic carbocycles. The molecule has 3 heterocycles. The first-order valence-corrected chi connectivity index (χ1v) is 10.7. The molecule has 0 saturated carbocycles. The number of hydrogen-bond acceptors (Lipinski definition) is 7. The van der Waals surface area contributed by atoms with Gasteiger partial charge in [0.25, 0.3) is 10.0 Å². The highest BCUT2D eigenvalue weighted by atomic mass is 32.2. The van der Waals surface area contributed by atoms with E-state index in [9.17, 15) is 26.7 Å². The van der Waals surface area contributed by atoms with E-state index in [2.05, 4.69) is 9.97 Å². The van der Waals surface area contributed by atoms with Crippen molar-refractivity contribution in [3.05, 3.63) is 35.5 Å². The maximum Gasteiger partial charge on any atom is 0.421 e. The number of halogens is 3. The molecule has 3 rings (SSSR count). The zero-order valence-electron chi connectivity index (χ0n) is 15.1. The van der Waals surface area contributed by atoms with Gasteiger partial charge in [-0.3, -0.25) is 0 Å². The van der Waals surface area contributed by atoms with Crippen molar-refractivity contribution in [1.29, 1.82) is 0 Å². The van der Waals surface area contributed by atoms with Crippen molar-refractivity contribution in [3.63, 3.8) is 0 Å². The largest absolute Gasteiger partial charge is 0.421 e. The molecule has 2 aromatic heterocycles. The van der Waals surface area contributed by atoms with E-state index in [1.165, 1.54) is 4.31 Å². The van der Waals surface area contributed by atoms with Crippen LogP contribution in [0.5, 0.6) is 0 Å². The Labute approximate surface area is 164 Å². The quantitative estimate of drug-likeness (QED) is 0.791. The zero-order valence-corrected chi connectivity index (χ0v) is 16.7. The van der Waals surface area contributed by atoms with Gasteiger partial charge in [0.2, 0.25) is 5.95 Å². The summed E-state index contributed by atoms with van der Waals surface area (Å²) in [4.78, 5) is 9.65. The van der Waals surface area contributed by atoms with Crippen molar-refractivity contribution in [3.8, 4) is 0 Å². The van der Waals surface area contributed by atoms with Gasteiger partial charge in [0, 0.05) is 43.6 Å². The van der Waals surface area contributed by atoms with E-state index >= 15 is 0 Å². The molecule has 0 aliphatic carbocycles. The molecule has 1 aliphatic rings. The minimum absolute atomic E-state index is 0.183. The number of anilines is 1. The summed E-state index contributed by atoms with van der Waals surface area (Å²) in [5.41, 5.74) is -3.51. The van der Waals surface area contributed by atoms with Crippen molar-refractivity contribution >= 4 is 27.3 Å². The molecule has 0 spiro atoms. The van der Waals surface area contributed by atoms with Gasteiger partial charge in [-0.2, -0.15) is 17.5 Å². The predicted molar refractivity (Wildman–Crippen MR) is 97.5 cm³/mol. The van der Waals surface area contributed by atoms with E-state index in [-0.39, 0.29) is 29.3 Å². The third-order valence-electron chi connectivity index (χ3n) is 4.69. The van der Waals surface area contributed by atoms with Crippen molar-refractivity contribution < 1.29 is 26.7 Å². The molecule has 1 N–H and O–H groups in total. The lowest BCUT2D eigenvalue weighted by atomic mass is 9.99. The fourth-order valence-electron chi connectivity index (χ4n) is 2.86. The molecule has 0 amide bonds. The maximum absolute atomic E-state index is 12.9. The highest BCUT2D eigenvalue weighted by molar-refractivity contribution is 7.91. The fourth-order valence-corrected chi connectivity index (χ4v) is 5.52. The highest BCUT2D eigenvalue weighted by Crippen LogP contribution is 2.38. The zero-order chi connectivity index (χ0) is 20.7. The molecular formula is C16H19F3N4O3S2. The topological polar surface area (TPSA) is 86.6 Å². The summed E-state index contributed by atoms with van der Waals surface area (Å²) >= 11 is 1.14. The van der Waals surface area contributed by atoms with Gasteiger partial charge in [-0.05, 0) is 25.3 Å². The molecule has 1 saturated heterocycles. The van der Waals surface area contributed by atoms with Crippen molar-refractivity contribution in [2.75, 3.05) is 24.5 Å². The molecule has 1 aliphatic heterocycles. The summed E-state index contributed by atoms with van der Waals surface area (Å²) < 4.78 is 65.7. The lowest BCUT2D eigenvalue weighted by Gasteiger charge is -2.39. The molecule has 28 heavy (non-hydrogen) atoms. The van der Waals surface area contributed by atoms with Crippen molar-refractivity contribution in [2.45, 2.75) is 35.9 Å². The van der Waals surface area contributed by atoms with E-state index in [0.717, 1.165) is 23.7 Å². The maximum atomic E-state index is 12.9. The minimum Gasteiger partial charge on any atom is -0.376 e. The van der Waals surface area contributed by atoms with Crippen LogP contribution < -0.4 is 4.90 Å². The van der Waals surface area contributed by atoms with Gasteiger partial charge in [-0.15, -0.1) is 11.3 Å². The molecule has 7 nitrogen and oxygen atoms in total. The van der Waals surface area contributed by atoms with Crippen LogP contribution in [0, 0.1) is 0 Å². The summed E-state index contributed by atoms with van der Waals surface area (Å²) in [5.74, 6) is 0.183. The summed E-state index contributed by atoms with van der Waals surface area (Å²) in [5, 5.41) is 11.4. The number of thiophene rings is 1. The van der Waals surface area contributed by atoms with Crippen LogP contribution in [0.2, 0.25) is 0 Å². The number of aromatic nitrogens is 2. The summed E-state index contributed by atoms with van der Waals surface area (Å²) in [6.07, 6.45) is -2.97. The molecule has 2 atom stereocenters. The first-order valence-electron chi connectivity index (χ1n) is 8.36. The van der Waals surface area contributed by atoms with Crippen molar-refractivity contribution in [1.82, 2.24) is 14.3 Å². The van der Waals surface area contributed by atoms with Crippen LogP contribution in [0.3, 0.4) is 0 Å². The first-order chi connectivity index (χ1) is 12.9. The number of sulfonamides is 1. The Morgan fingerprint density at radius 2 is 1.89 bits per heavy atom. The predicted octanol–water partition coefficient (Wildman–Crippen LogP) is 2.21. The smallest absolute Gasteiger partial charge is 0.376 e. The van der Waals surface area contributed by atoms with Crippen LogP contribution >= 0.6 is 11.3 Å². The fraction of sp³-hybridized carbons (Fsp3) is 0.500. The van der Waals surface area contributed by atoms with Gasteiger partial charge < -0.3 is 10.0 Å². The number of nitrogens with zero attached hydrogens (tertiary/aromatic N) is 4. The number of rotatable bonds is 4. The van der Waals surface area contributed by atoms with Crippen LogP contribution in [0.15, 0.2) is 34.1 Å². The van der Waals surface area contributed by atoms with Crippen LogP contribution in [-0.4, -0.2) is 59.6 Å². The van der Waals surface area contributed by atoms with Gasteiger partial charge in [0.1, 0.15) is 4.21 Å². The van der Waals surface area contributed by atoms with Gasteiger partial charge in [0.05, 0.1) is 0 Å². The number of alkyl halides is 3. The Balaban J connectivity index is 1.75. The van der Waals surface area contributed by atoms with E-state index in [1.54, 1.807) is 29.3 Å². The van der Waals surface area contributed by atoms with Crippen LogP contribution in [-0.2, 0) is 15.6 Å². The van der Waals surface area contributed by atoms with E-state index in [1.807, 2.05) is 0 Å². The molecule has 1 fully saturated rings. The number of piperazine rings is 1. The second kappa shape index (κ2) is 7.25. The van der Waals surface area contributed by atoms with E-state index in [0.29, 0.717) is 13.5 Å². The Morgan fingerprint density at radius 3 is 2.39 bits per heavy atom. The summed E-state index contributed by atoms with van der Waals surface area (Å²) in [6.45, 7) is 3.13. The molecule has 0 radical (unpaired) electrons. The lowest BCUT2D eigenvalue weighted by Crippen LogP contribution is -2.54. The number of aliphatic hydroxyl groups is 1. The molecule has 154 valence electrons. The molecule has 0 bridgehead atoms. The van der Waals surface area contributed by atoms with Gasteiger partial charge >= 0.3 is 6.18 Å². The second-order valence-electron chi connectivity index (χ2n) is 6.68. The van der Waals surface area contributed by atoms with Gasteiger partial charge in [-0.25, -0.2) is 18.4 Å². The van der Waals surface area contributed by atoms with Gasteiger partial charge in [0.15, 0.2) is 5.60 Å². The Hall–Kier alpha value is -1.76. The molecule has 12 heteroatoms.